The average molecular weight is 244 g/mol. The van der Waals surface area contributed by atoms with Gasteiger partial charge in [0, 0.05) is 5.92 Å². The third kappa shape index (κ3) is 2.50. The summed E-state index contributed by atoms with van der Waals surface area (Å²) in [6.07, 6.45) is 5.15. The van der Waals surface area contributed by atoms with E-state index in [-0.39, 0.29) is 12.3 Å². The first-order valence-corrected chi connectivity index (χ1v) is 5.73. The van der Waals surface area contributed by atoms with E-state index in [2.05, 4.69) is 0 Å². The first kappa shape index (κ1) is 12.5. The van der Waals surface area contributed by atoms with E-state index in [1.807, 2.05) is 30.3 Å². The van der Waals surface area contributed by atoms with Gasteiger partial charge in [-0.15, -0.1) is 0 Å². The molecule has 1 aromatic rings. The van der Waals surface area contributed by atoms with E-state index in [4.69, 9.17) is 16.6 Å². The molecule has 0 radical (unpaired) electrons. The van der Waals surface area contributed by atoms with Crippen molar-refractivity contribution >= 4 is 5.97 Å². The Balaban J connectivity index is 2.42. The summed E-state index contributed by atoms with van der Waals surface area (Å²) in [6.45, 7) is 0. The van der Waals surface area contributed by atoms with E-state index in [9.17, 15) is 4.79 Å². The lowest BCUT2D eigenvalue weighted by atomic mass is 9.77. The van der Waals surface area contributed by atoms with Crippen molar-refractivity contribution in [3.8, 4) is 0 Å². The Morgan fingerprint density at radius 2 is 1.94 bits per heavy atom. The van der Waals surface area contributed by atoms with Crippen LogP contribution in [-0.2, 0) is 4.79 Å². The van der Waals surface area contributed by atoms with Gasteiger partial charge in [-0.25, -0.2) is 0 Å². The first-order chi connectivity index (χ1) is 8.50. The maximum absolute atomic E-state index is 10.9. The lowest BCUT2D eigenvalue weighted by Gasteiger charge is -2.35. The van der Waals surface area contributed by atoms with Gasteiger partial charge in [-0.05, 0) is 17.2 Å². The van der Waals surface area contributed by atoms with Gasteiger partial charge >= 0.3 is 5.97 Å². The minimum atomic E-state index is -1.05. The maximum atomic E-state index is 10.9. The molecule has 0 saturated heterocycles. The number of carboxylic acid groups (broad SMARTS) is 1. The summed E-state index contributed by atoms with van der Waals surface area (Å²) in [7, 11) is 0. The van der Waals surface area contributed by atoms with E-state index in [0.717, 1.165) is 11.1 Å². The summed E-state index contributed by atoms with van der Waals surface area (Å²) >= 11 is 0. The number of nitrogens with two attached hydrogens (primary N) is 2. The number of hydrogen-bond acceptors (Lipinski definition) is 3. The Hall–Kier alpha value is -1.91. The highest BCUT2D eigenvalue weighted by atomic mass is 16.4. The van der Waals surface area contributed by atoms with Crippen molar-refractivity contribution in [2.45, 2.75) is 18.0 Å². The zero-order valence-corrected chi connectivity index (χ0v) is 9.91. The maximum Gasteiger partial charge on any atom is 0.307 e. The standard InChI is InChI=1S/C14H16N2O2/c15-14(16)8-4-7-11(9-12(17)18)13(14)10-5-2-1-3-6-10/h1-8,13H,9,15-16H2,(H,17,18). The summed E-state index contributed by atoms with van der Waals surface area (Å²) in [5, 5.41) is 8.95. The second-order valence-electron chi connectivity index (χ2n) is 4.51. The monoisotopic (exact) mass is 244 g/mol. The molecule has 0 amide bonds. The first-order valence-electron chi connectivity index (χ1n) is 5.73. The molecular formula is C14H16N2O2. The molecule has 0 heterocycles. The third-order valence-corrected chi connectivity index (χ3v) is 3.05. The summed E-state index contributed by atoms with van der Waals surface area (Å²) in [4.78, 5) is 10.9. The number of aliphatic carboxylic acids is 1. The van der Waals surface area contributed by atoms with Crippen LogP contribution in [0.1, 0.15) is 17.9 Å². The van der Waals surface area contributed by atoms with E-state index >= 15 is 0 Å². The Kier molecular flexibility index (Phi) is 3.32. The lowest BCUT2D eigenvalue weighted by molar-refractivity contribution is -0.136. The van der Waals surface area contributed by atoms with Crippen molar-refractivity contribution in [2.24, 2.45) is 11.5 Å². The van der Waals surface area contributed by atoms with Crippen LogP contribution < -0.4 is 11.5 Å². The quantitative estimate of drug-likeness (QED) is 0.700. The fourth-order valence-electron chi connectivity index (χ4n) is 2.34. The highest BCUT2D eigenvalue weighted by Crippen LogP contribution is 2.35. The van der Waals surface area contributed by atoms with Gasteiger partial charge in [0.1, 0.15) is 0 Å². The Morgan fingerprint density at radius 1 is 1.28 bits per heavy atom. The van der Waals surface area contributed by atoms with Gasteiger partial charge in [0.05, 0.1) is 12.1 Å². The second kappa shape index (κ2) is 4.76. The zero-order chi connectivity index (χ0) is 13.2. The van der Waals surface area contributed by atoms with E-state index in [1.54, 1.807) is 18.2 Å². The molecule has 18 heavy (non-hydrogen) atoms. The van der Waals surface area contributed by atoms with Crippen LogP contribution in [0.15, 0.2) is 54.1 Å². The van der Waals surface area contributed by atoms with Crippen molar-refractivity contribution < 1.29 is 9.90 Å². The molecular weight excluding hydrogens is 228 g/mol. The number of hydrogen-bond donors (Lipinski definition) is 3. The van der Waals surface area contributed by atoms with Crippen molar-refractivity contribution in [1.29, 1.82) is 0 Å². The van der Waals surface area contributed by atoms with Crippen molar-refractivity contribution in [3.63, 3.8) is 0 Å². The largest absolute Gasteiger partial charge is 0.481 e. The molecule has 1 aromatic carbocycles. The summed E-state index contributed by atoms with van der Waals surface area (Å²) in [5.74, 6) is -1.19. The molecule has 0 aromatic heterocycles. The molecule has 4 heteroatoms. The molecule has 4 nitrogen and oxygen atoms in total. The zero-order valence-electron chi connectivity index (χ0n) is 9.91. The van der Waals surface area contributed by atoms with Crippen molar-refractivity contribution in [1.82, 2.24) is 0 Å². The van der Waals surface area contributed by atoms with Gasteiger partial charge < -0.3 is 16.6 Å². The van der Waals surface area contributed by atoms with Gasteiger partial charge in [-0.1, -0.05) is 42.5 Å². The molecule has 0 bridgehead atoms. The number of carboxylic acids is 1. The van der Waals surface area contributed by atoms with Crippen molar-refractivity contribution in [3.05, 3.63) is 59.7 Å². The topological polar surface area (TPSA) is 89.3 Å². The minimum absolute atomic E-state index is 0.0555. The fourth-order valence-corrected chi connectivity index (χ4v) is 2.34. The van der Waals surface area contributed by atoms with Crippen molar-refractivity contribution in [2.75, 3.05) is 0 Å². The fraction of sp³-hybridized carbons (Fsp3) is 0.214. The van der Waals surface area contributed by atoms with E-state index in [0.29, 0.717) is 0 Å². The Labute approximate surface area is 106 Å². The van der Waals surface area contributed by atoms with Crippen LogP contribution >= 0.6 is 0 Å². The summed E-state index contributed by atoms with van der Waals surface area (Å²) in [6, 6.07) is 9.50. The number of rotatable bonds is 3. The highest BCUT2D eigenvalue weighted by molar-refractivity contribution is 5.71. The number of carbonyl (C=O) groups is 1. The molecule has 2 rings (SSSR count). The molecule has 5 N–H and O–H groups in total. The third-order valence-electron chi connectivity index (χ3n) is 3.05. The van der Waals surface area contributed by atoms with E-state index in [1.165, 1.54) is 0 Å². The summed E-state index contributed by atoms with van der Waals surface area (Å²) in [5.41, 5.74) is 12.8. The highest BCUT2D eigenvalue weighted by Gasteiger charge is 2.35. The number of allylic oxidation sites excluding steroid dienone is 2. The Bertz CT molecular complexity index is 504. The SMILES string of the molecule is NC1(N)C=CC=C(CC(=O)O)C1c1ccccc1. The predicted molar refractivity (Wildman–Crippen MR) is 69.8 cm³/mol. The number of benzene rings is 1. The van der Waals surface area contributed by atoms with Crippen LogP contribution in [0.25, 0.3) is 0 Å². The van der Waals surface area contributed by atoms with Gasteiger partial charge in [0.25, 0.3) is 0 Å². The molecule has 0 fully saturated rings. The molecule has 1 aliphatic rings. The molecule has 0 saturated carbocycles. The van der Waals surface area contributed by atoms with E-state index < -0.39 is 11.6 Å². The van der Waals surface area contributed by atoms with Crippen LogP contribution in [0.4, 0.5) is 0 Å². The lowest BCUT2D eigenvalue weighted by Crippen LogP contribution is -2.54. The molecule has 0 spiro atoms. The smallest absolute Gasteiger partial charge is 0.307 e. The second-order valence-corrected chi connectivity index (χ2v) is 4.51. The molecule has 1 unspecified atom stereocenters. The Morgan fingerprint density at radius 3 is 2.56 bits per heavy atom. The summed E-state index contributed by atoms with van der Waals surface area (Å²) < 4.78 is 0. The molecule has 1 atom stereocenters. The van der Waals surface area contributed by atoms with Gasteiger partial charge in [-0.3, -0.25) is 4.79 Å². The normalized spacial score (nSPS) is 21.4. The predicted octanol–water partition coefficient (Wildman–Crippen LogP) is 1.35. The average Bonchev–Trinajstić information content (AvgIpc) is 2.28. The van der Waals surface area contributed by atoms with Crippen LogP contribution in [0.2, 0.25) is 0 Å². The molecule has 94 valence electrons. The van der Waals surface area contributed by atoms with Crippen LogP contribution in [0, 0.1) is 0 Å². The molecule has 1 aliphatic carbocycles. The van der Waals surface area contributed by atoms with Crippen LogP contribution in [0.5, 0.6) is 0 Å². The van der Waals surface area contributed by atoms with Crippen LogP contribution in [-0.4, -0.2) is 16.7 Å². The minimum Gasteiger partial charge on any atom is -0.481 e. The molecule has 0 aliphatic heterocycles. The van der Waals surface area contributed by atoms with Gasteiger partial charge in [0.2, 0.25) is 0 Å². The van der Waals surface area contributed by atoms with Gasteiger partial charge in [0.15, 0.2) is 0 Å². The van der Waals surface area contributed by atoms with Crippen LogP contribution in [0.3, 0.4) is 0 Å². The van der Waals surface area contributed by atoms with Gasteiger partial charge in [-0.2, -0.15) is 0 Å².